The van der Waals surface area contributed by atoms with Crippen molar-refractivity contribution in [1.29, 1.82) is 0 Å². The molecule has 216 valence electrons. The van der Waals surface area contributed by atoms with Crippen molar-refractivity contribution in [1.82, 2.24) is 14.8 Å². The Bertz CT molecular complexity index is 2410. The van der Waals surface area contributed by atoms with Crippen LogP contribution in [0.1, 0.15) is 0 Å². The van der Waals surface area contributed by atoms with Crippen molar-refractivity contribution >= 4 is 32.6 Å². The molecule has 7 aromatic carbocycles. The molecule has 2 aromatic heterocycles. The number of nitrogens with zero attached hydrogens (tertiary/aromatic N) is 3. The highest BCUT2D eigenvalue weighted by atomic mass is 16.4. The molecule has 0 amide bonds. The van der Waals surface area contributed by atoms with E-state index in [0.29, 0.717) is 11.8 Å². The summed E-state index contributed by atoms with van der Waals surface area (Å²) in [5.74, 6) is 1.01. The van der Waals surface area contributed by atoms with Crippen molar-refractivity contribution in [2.45, 2.75) is 0 Å². The van der Waals surface area contributed by atoms with E-state index in [-0.39, 0.29) is 0 Å². The Balaban J connectivity index is 1.13. The van der Waals surface area contributed by atoms with Gasteiger partial charge in [-0.25, -0.2) is 0 Å². The van der Waals surface area contributed by atoms with Gasteiger partial charge in [0.15, 0.2) is 0 Å². The van der Waals surface area contributed by atoms with Crippen molar-refractivity contribution in [3.63, 3.8) is 0 Å². The Labute approximate surface area is 265 Å². The Hall–Kier alpha value is -6.26. The smallest absolute Gasteiger partial charge is 0.248 e. The molecule has 0 unspecified atom stereocenters. The molecule has 2 heterocycles. The monoisotopic (exact) mass is 589 g/mol. The van der Waals surface area contributed by atoms with Gasteiger partial charge in [0, 0.05) is 27.6 Å². The molecule has 0 saturated carbocycles. The van der Waals surface area contributed by atoms with Crippen LogP contribution in [0.5, 0.6) is 0 Å². The quantitative estimate of drug-likeness (QED) is 0.201. The van der Waals surface area contributed by atoms with Crippen LogP contribution >= 0.6 is 0 Å². The van der Waals surface area contributed by atoms with Gasteiger partial charge in [-0.2, -0.15) is 0 Å². The lowest BCUT2D eigenvalue weighted by Gasteiger charge is -2.09. The summed E-state index contributed by atoms with van der Waals surface area (Å²) in [5.41, 5.74) is 9.97. The van der Waals surface area contributed by atoms with E-state index < -0.39 is 0 Å². The first-order valence-corrected chi connectivity index (χ1v) is 15.4. The van der Waals surface area contributed by atoms with Crippen molar-refractivity contribution in [2.75, 3.05) is 0 Å². The zero-order chi connectivity index (χ0) is 30.5. The van der Waals surface area contributed by atoms with Gasteiger partial charge in [-0.05, 0) is 93.7 Å². The van der Waals surface area contributed by atoms with E-state index in [1.54, 1.807) is 0 Å². The predicted octanol–water partition coefficient (Wildman–Crippen LogP) is 11.0. The lowest BCUT2D eigenvalue weighted by Crippen LogP contribution is -1.94. The highest BCUT2D eigenvalue weighted by Crippen LogP contribution is 2.37. The Morgan fingerprint density at radius 2 is 0.870 bits per heavy atom. The molecule has 0 aliphatic heterocycles. The second-order valence-electron chi connectivity index (χ2n) is 11.6. The van der Waals surface area contributed by atoms with Crippen molar-refractivity contribution in [2.24, 2.45) is 0 Å². The van der Waals surface area contributed by atoms with Crippen molar-refractivity contribution < 1.29 is 4.42 Å². The van der Waals surface area contributed by atoms with Gasteiger partial charge in [0.2, 0.25) is 11.8 Å². The molecule has 4 heteroatoms. The number of aromatic nitrogens is 3. The maximum Gasteiger partial charge on any atom is 0.248 e. The van der Waals surface area contributed by atoms with Gasteiger partial charge in [-0.15, -0.1) is 10.2 Å². The largest absolute Gasteiger partial charge is 0.416 e. The summed E-state index contributed by atoms with van der Waals surface area (Å²) in [5, 5.41) is 13.5. The number of benzene rings is 7. The first-order chi connectivity index (χ1) is 22.8. The molecule has 0 spiro atoms. The molecule has 0 radical (unpaired) electrons. The van der Waals surface area contributed by atoms with Gasteiger partial charge in [-0.1, -0.05) is 103 Å². The number of hydrogen-bond donors (Lipinski definition) is 0. The van der Waals surface area contributed by atoms with Gasteiger partial charge in [0.05, 0.1) is 11.0 Å². The predicted molar refractivity (Wildman–Crippen MR) is 188 cm³/mol. The molecule has 0 aliphatic rings. The molecule has 0 atom stereocenters. The molecule has 0 bridgehead atoms. The zero-order valence-corrected chi connectivity index (χ0v) is 24.8. The second-order valence-corrected chi connectivity index (χ2v) is 11.6. The van der Waals surface area contributed by atoms with E-state index in [1.165, 1.54) is 38.4 Å². The Morgan fingerprint density at radius 3 is 1.48 bits per heavy atom. The first-order valence-electron chi connectivity index (χ1n) is 15.4. The van der Waals surface area contributed by atoms with Crippen LogP contribution in [0.15, 0.2) is 168 Å². The fraction of sp³-hybridized carbons (Fsp3) is 0. The van der Waals surface area contributed by atoms with Crippen LogP contribution in [0, 0.1) is 0 Å². The molecule has 0 N–H and O–H groups in total. The maximum atomic E-state index is 6.16. The molecular formula is C42H27N3O. The highest BCUT2D eigenvalue weighted by Gasteiger charge is 2.16. The normalized spacial score (nSPS) is 11.5. The van der Waals surface area contributed by atoms with E-state index in [0.717, 1.165) is 33.2 Å². The van der Waals surface area contributed by atoms with Crippen molar-refractivity contribution in [3.05, 3.63) is 164 Å². The first kappa shape index (κ1) is 26.2. The van der Waals surface area contributed by atoms with E-state index in [9.17, 15) is 0 Å². The maximum absolute atomic E-state index is 6.16. The third-order valence-electron chi connectivity index (χ3n) is 8.77. The average Bonchev–Trinajstić information content (AvgIpc) is 3.75. The third-order valence-corrected chi connectivity index (χ3v) is 8.77. The minimum absolute atomic E-state index is 0.497. The Morgan fingerprint density at radius 1 is 0.370 bits per heavy atom. The zero-order valence-electron chi connectivity index (χ0n) is 24.8. The van der Waals surface area contributed by atoms with Crippen LogP contribution < -0.4 is 0 Å². The summed E-state index contributed by atoms with van der Waals surface area (Å²) in [6, 6.07) is 57.5. The minimum atomic E-state index is 0.497. The molecule has 0 aliphatic carbocycles. The van der Waals surface area contributed by atoms with Crippen LogP contribution in [0.25, 0.3) is 83.4 Å². The standard InChI is InChI=1S/C42H27N3O/c1-3-9-28(10-4-1)33-19-23-39-37(26-33)38-27-34(29-11-5-2-6-12-29)20-24-40(38)45(39)36-21-17-31(18-22-36)41-43-44-42(46-41)35-16-15-30-13-7-8-14-32(30)25-35/h1-27H. The molecule has 4 nitrogen and oxygen atoms in total. The minimum Gasteiger partial charge on any atom is -0.416 e. The summed E-state index contributed by atoms with van der Waals surface area (Å²) >= 11 is 0. The van der Waals surface area contributed by atoms with Gasteiger partial charge < -0.3 is 8.98 Å². The number of rotatable bonds is 5. The lowest BCUT2D eigenvalue weighted by molar-refractivity contribution is 0.584. The molecule has 46 heavy (non-hydrogen) atoms. The lowest BCUT2D eigenvalue weighted by atomic mass is 10.0. The van der Waals surface area contributed by atoms with Crippen LogP contribution in [-0.2, 0) is 0 Å². The SMILES string of the molecule is c1ccc(-c2ccc3c(c2)c2cc(-c4ccccc4)ccc2n3-c2ccc(-c3nnc(-c4ccc5ccccc5c4)o3)cc2)cc1. The van der Waals surface area contributed by atoms with Crippen molar-refractivity contribution in [3.8, 4) is 50.8 Å². The van der Waals surface area contributed by atoms with Gasteiger partial charge in [0.25, 0.3) is 0 Å². The van der Waals surface area contributed by atoms with Gasteiger partial charge >= 0.3 is 0 Å². The van der Waals surface area contributed by atoms with Gasteiger partial charge in [0.1, 0.15) is 0 Å². The molecule has 9 rings (SSSR count). The third kappa shape index (κ3) is 4.47. The van der Waals surface area contributed by atoms with E-state index >= 15 is 0 Å². The van der Waals surface area contributed by atoms with Crippen LogP contribution in [-0.4, -0.2) is 14.8 Å². The van der Waals surface area contributed by atoms with Gasteiger partial charge in [-0.3, -0.25) is 0 Å². The number of fused-ring (bicyclic) bond motifs is 4. The molecular weight excluding hydrogens is 562 g/mol. The summed E-state index contributed by atoms with van der Waals surface area (Å²) in [7, 11) is 0. The topological polar surface area (TPSA) is 43.9 Å². The highest BCUT2D eigenvalue weighted by molar-refractivity contribution is 6.11. The van der Waals surface area contributed by atoms with E-state index in [1.807, 2.05) is 18.2 Å². The average molecular weight is 590 g/mol. The fourth-order valence-electron chi connectivity index (χ4n) is 6.45. The van der Waals surface area contributed by atoms with Crippen LogP contribution in [0.2, 0.25) is 0 Å². The Kier molecular flexibility index (Phi) is 6.10. The molecule has 0 fully saturated rings. The molecule has 0 saturated heterocycles. The summed E-state index contributed by atoms with van der Waals surface area (Å²) in [4.78, 5) is 0. The number of hydrogen-bond acceptors (Lipinski definition) is 3. The van der Waals surface area contributed by atoms with E-state index in [4.69, 9.17) is 4.42 Å². The van der Waals surface area contributed by atoms with Crippen LogP contribution in [0.3, 0.4) is 0 Å². The second kappa shape index (κ2) is 10.7. The fourth-order valence-corrected chi connectivity index (χ4v) is 6.45. The molecule has 9 aromatic rings. The summed E-state index contributed by atoms with van der Waals surface area (Å²) in [6.45, 7) is 0. The summed E-state index contributed by atoms with van der Waals surface area (Å²) in [6.07, 6.45) is 0. The summed E-state index contributed by atoms with van der Waals surface area (Å²) < 4.78 is 8.50. The van der Waals surface area contributed by atoms with Crippen LogP contribution in [0.4, 0.5) is 0 Å². The van der Waals surface area contributed by atoms with E-state index in [2.05, 4.69) is 160 Å².